The van der Waals surface area contributed by atoms with Gasteiger partial charge in [0, 0.05) is 12.1 Å². The van der Waals surface area contributed by atoms with E-state index in [9.17, 15) is 9.18 Å². The third-order valence-corrected chi connectivity index (χ3v) is 3.78. The lowest BCUT2D eigenvalue weighted by atomic mass is 10.1. The maximum absolute atomic E-state index is 12.9. The highest BCUT2D eigenvalue weighted by Gasteiger charge is 2.18. The largest absolute Gasteiger partial charge is 0.490 e. The number of carbonyl (C=O) groups is 1. The van der Waals surface area contributed by atoms with Crippen LogP contribution in [0, 0.1) is 5.82 Å². The molecule has 0 aromatic heterocycles. The molecule has 0 radical (unpaired) electrons. The van der Waals surface area contributed by atoms with Crippen LogP contribution in [-0.4, -0.2) is 32.3 Å². The van der Waals surface area contributed by atoms with E-state index in [0.717, 1.165) is 5.56 Å². The van der Waals surface area contributed by atoms with E-state index in [1.165, 1.54) is 12.1 Å². The fraction of sp³-hybridized carbons (Fsp3) is 0.381. The molecule has 0 fully saturated rings. The fourth-order valence-electron chi connectivity index (χ4n) is 2.59. The van der Waals surface area contributed by atoms with Crippen LogP contribution >= 0.6 is 0 Å². The van der Waals surface area contributed by atoms with Crippen LogP contribution in [0.3, 0.4) is 0 Å². The lowest BCUT2D eigenvalue weighted by Gasteiger charge is -2.17. The Morgan fingerprint density at radius 2 is 1.48 bits per heavy atom. The summed E-state index contributed by atoms with van der Waals surface area (Å²) in [6, 6.07) is 9.55. The maximum atomic E-state index is 12.9. The van der Waals surface area contributed by atoms with Gasteiger partial charge >= 0.3 is 0 Å². The van der Waals surface area contributed by atoms with Crippen molar-refractivity contribution >= 4 is 5.91 Å². The molecule has 0 aliphatic carbocycles. The molecular weight excluding hydrogens is 349 g/mol. The predicted molar refractivity (Wildman–Crippen MR) is 102 cm³/mol. The number of amides is 1. The molecule has 0 bridgehead atoms. The Labute approximate surface area is 159 Å². The predicted octanol–water partition coefficient (Wildman–Crippen LogP) is 3.99. The van der Waals surface area contributed by atoms with Crippen molar-refractivity contribution in [2.75, 3.05) is 26.4 Å². The zero-order valence-electron chi connectivity index (χ0n) is 16.0. The Hall–Kier alpha value is -2.76. The molecule has 1 amide bonds. The number of halogens is 1. The van der Waals surface area contributed by atoms with Crippen molar-refractivity contribution in [3.05, 3.63) is 53.3 Å². The van der Waals surface area contributed by atoms with Crippen LogP contribution in [0.25, 0.3) is 0 Å². The summed E-state index contributed by atoms with van der Waals surface area (Å²) in [6.07, 6.45) is 0.611. The molecule has 0 heterocycles. The normalized spacial score (nSPS) is 10.4. The van der Waals surface area contributed by atoms with E-state index in [1.807, 2.05) is 20.8 Å². The van der Waals surface area contributed by atoms with Gasteiger partial charge in [0.15, 0.2) is 11.5 Å². The summed E-state index contributed by atoms with van der Waals surface area (Å²) in [6.45, 7) is 7.40. The van der Waals surface area contributed by atoms with Gasteiger partial charge in [0.25, 0.3) is 5.91 Å². The van der Waals surface area contributed by atoms with Crippen molar-refractivity contribution < 1.29 is 23.4 Å². The second-order valence-electron chi connectivity index (χ2n) is 5.73. The summed E-state index contributed by atoms with van der Waals surface area (Å²) >= 11 is 0. The molecule has 0 unspecified atom stereocenters. The van der Waals surface area contributed by atoms with Crippen LogP contribution in [-0.2, 0) is 6.42 Å². The molecule has 0 atom stereocenters. The van der Waals surface area contributed by atoms with E-state index in [0.29, 0.717) is 55.6 Å². The highest BCUT2D eigenvalue weighted by Crippen LogP contribution is 2.39. The molecule has 0 aliphatic rings. The zero-order valence-corrected chi connectivity index (χ0v) is 16.0. The number of rotatable bonds is 10. The summed E-state index contributed by atoms with van der Waals surface area (Å²) in [5, 5.41) is 2.87. The summed E-state index contributed by atoms with van der Waals surface area (Å²) < 4.78 is 29.9. The van der Waals surface area contributed by atoms with Crippen LogP contribution in [0.2, 0.25) is 0 Å². The van der Waals surface area contributed by atoms with Gasteiger partial charge in [-0.2, -0.15) is 0 Å². The Kier molecular flexibility index (Phi) is 7.92. The Morgan fingerprint density at radius 3 is 2.00 bits per heavy atom. The van der Waals surface area contributed by atoms with Gasteiger partial charge in [-0.05, 0) is 57.0 Å². The molecule has 0 spiro atoms. The van der Waals surface area contributed by atoms with Gasteiger partial charge < -0.3 is 19.5 Å². The molecule has 0 saturated carbocycles. The highest BCUT2D eigenvalue weighted by molar-refractivity contribution is 5.95. The highest BCUT2D eigenvalue weighted by atomic mass is 19.1. The van der Waals surface area contributed by atoms with E-state index in [-0.39, 0.29) is 11.7 Å². The summed E-state index contributed by atoms with van der Waals surface area (Å²) in [5.41, 5.74) is 1.39. The zero-order chi connectivity index (χ0) is 19.6. The molecule has 27 heavy (non-hydrogen) atoms. The smallest absolute Gasteiger partial charge is 0.251 e. The maximum Gasteiger partial charge on any atom is 0.251 e. The van der Waals surface area contributed by atoms with Crippen LogP contribution in [0.5, 0.6) is 17.2 Å². The standard InChI is InChI=1S/C21H26FNO4/c1-4-25-18-13-16(14-19(26-5-2)20(18)27-6-3)21(24)23-12-11-15-7-9-17(22)10-8-15/h7-10,13-14H,4-6,11-12H2,1-3H3,(H,23,24). The average molecular weight is 375 g/mol. The number of hydrogen-bond acceptors (Lipinski definition) is 4. The number of benzene rings is 2. The van der Waals surface area contributed by atoms with E-state index in [2.05, 4.69) is 5.32 Å². The first-order chi connectivity index (χ1) is 13.1. The van der Waals surface area contributed by atoms with Crippen molar-refractivity contribution in [3.8, 4) is 17.2 Å². The molecular formula is C21H26FNO4. The van der Waals surface area contributed by atoms with Gasteiger partial charge in [0.1, 0.15) is 5.82 Å². The van der Waals surface area contributed by atoms with Crippen LogP contribution in [0.15, 0.2) is 36.4 Å². The summed E-state index contributed by atoms with van der Waals surface area (Å²) in [4.78, 5) is 12.5. The van der Waals surface area contributed by atoms with Crippen molar-refractivity contribution in [3.63, 3.8) is 0 Å². The van der Waals surface area contributed by atoms with Crippen LogP contribution < -0.4 is 19.5 Å². The minimum absolute atomic E-state index is 0.234. The van der Waals surface area contributed by atoms with Gasteiger partial charge in [-0.25, -0.2) is 4.39 Å². The van der Waals surface area contributed by atoms with Gasteiger partial charge in [-0.1, -0.05) is 12.1 Å². The second-order valence-corrected chi connectivity index (χ2v) is 5.73. The molecule has 5 nitrogen and oxygen atoms in total. The SMILES string of the molecule is CCOc1cc(C(=O)NCCc2ccc(F)cc2)cc(OCC)c1OCC. The Morgan fingerprint density at radius 1 is 0.926 bits per heavy atom. The van der Waals surface area contributed by atoms with Crippen molar-refractivity contribution in [2.45, 2.75) is 27.2 Å². The Balaban J connectivity index is 2.12. The third-order valence-electron chi connectivity index (χ3n) is 3.78. The van der Waals surface area contributed by atoms with Crippen LogP contribution in [0.4, 0.5) is 4.39 Å². The van der Waals surface area contributed by atoms with Crippen LogP contribution in [0.1, 0.15) is 36.7 Å². The first kappa shape index (κ1) is 20.6. The van der Waals surface area contributed by atoms with Crippen molar-refractivity contribution in [2.24, 2.45) is 0 Å². The first-order valence-electron chi connectivity index (χ1n) is 9.18. The summed E-state index contributed by atoms with van der Waals surface area (Å²) in [7, 11) is 0. The topological polar surface area (TPSA) is 56.8 Å². The molecule has 1 N–H and O–H groups in total. The van der Waals surface area contributed by atoms with E-state index < -0.39 is 0 Å². The van der Waals surface area contributed by atoms with Gasteiger partial charge in [-0.3, -0.25) is 4.79 Å². The molecule has 0 aliphatic heterocycles. The second kappa shape index (κ2) is 10.4. The monoisotopic (exact) mass is 375 g/mol. The van der Waals surface area contributed by atoms with Crippen molar-refractivity contribution in [1.82, 2.24) is 5.32 Å². The lowest BCUT2D eigenvalue weighted by Crippen LogP contribution is -2.25. The molecule has 146 valence electrons. The molecule has 2 rings (SSSR count). The minimum Gasteiger partial charge on any atom is -0.490 e. The molecule has 2 aromatic rings. The lowest BCUT2D eigenvalue weighted by molar-refractivity contribution is 0.0953. The Bertz CT molecular complexity index is 719. The fourth-order valence-corrected chi connectivity index (χ4v) is 2.59. The van der Waals surface area contributed by atoms with Gasteiger partial charge in [0.05, 0.1) is 19.8 Å². The van der Waals surface area contributed by atoms with E-state index in [1.54, 1.807) is 24.3 Å². The van der Waals surface area contributed by atoms with Crippen molar-refractivity contribution in [1.29, 1.82) is 0 Å². The number of carbonyl (C=O) groups excluding carboxylic acids is 1. The molecule has 2 aromatic carbocycles. The number of nitrogens with one attached hydrogen (secondary N) is 1. The van der Waals surface area contributed by atoms with Gasteiger partial charge in [-0.15, -0.1) is 0 Å². The minimum atomic E-state index is -0.274. The van der Waals surface area contributed by atoms with E-state index in [4.69, 9.17) is 14.2 Å². The third kappa shape index (κ3) is 5.88. The quantitative estimate of drug-likeness (QED) is 0.682. The average Bonchev–Trinajstić information content (AvgIpc) is 2.66. The van der Waals surface area contributed by atoms with Gasteiger partial charge in [0.2, 0.25) is 5.75 Å². The summed E-state index contributed by atoms with van der Waals surface area (Å²) in [5.74, 6) is 0.957. The molecule has 0 saturated heterocycles. The number of hydrogen-bond donors (Lipinski definition) is 1. The first-order valence-corrected chi connectivity index (χ1v) is 9.18. The number of ether oxygens (including phenoxy) is 3. The van der Waals surface area contributed by atoms with E-state index >= 15 is 0 Å². The molecule has 6 heteroatoms.